The first-order chi connectivity index (χ1) is 11.2. The Morgan fingerprint density at radius 3 is 2.22 bits per heavy atom. The van der Waals surface area contributed by atoms with Crippen LogP contribution in [0.4, 0.5) is 0 Å². The minimum atomic E-state index is -0.750. The lowest BCUT2D eigenvalue weighted by Crippen LogP contribution is -2.00. The van der Waals surface area contributed by atoms with Crippen molar-refractivity contribution in [2.75, 3.05) is 0 Å². The minimum absolute atomic E-state index is 0.0511. The number of benzene rings is 4. The van der Waals surface area contributed by atoms with Gasteiger partial charge >= 0.3 is 0 Å². The molecule has 111 valence electrons. The van der Waals surface area contributed by atoms with Gasteiger partial charge in [0.15, 0.2) is 5.75 Å². The maximum Gasteiger partial charge on any atom is 0.178 e. The Morgan fingerprint density at radius 1 is 0.652 bits per heavy atom. The molecule has 2 nitrogen and oxygen atoms in total. The van der Waals surface area contributed by atoms with Crippen molar-refractivity contribution in [2.24, 2.45) is 0 Å². The average Bonchev–Trinajstić information content (AvgIpc) is 2.61. The van der Waals surface area contributed by atoms with Gasteiger partial charge in [0.05, 0.1) is 0 Å². The van der Waals surface area contributed by atoms with E-state index in [0.29, 0.717) is 0 Å². The zero-order valence-corrected chi connectivity index (χ0v) is 12.4. The highest BCUT2D eigenvalue weighted by atomic mass is 16.3. The van der Waals surface area contributed by atoms with E-state index in [9.17, 15) is 10.2 Å². The molecule has 0 heterocycles. The van der Waals surface area contributed by atoms with E-state index in [1.807, 2.05) is 24.3 Å². The quantitative estimate of drug-likeness (QED) is 0.506. The van der Waals surface area contributed by atoms with Gasteiger partial charge in [-0.05, 0) is 44.8 Å². The molecule has 0 spiro atoms. The molecular formula is C21H15O2. The molecule has 0 fully saturated rings. The van der Waals surface area contributed by atoms with Crippen LogP contribution >= 0.6 is 0 Å². The Hall–Kier alpha value is -2.84. The molecule has 0 saturated carbocycles. The number of aliphatic hydroxyl groups excluding tert-OH is 1. The number of fused-ring (bicyclic) bond motifs is 3. The van der Waals surface area contributed by atoms with Gasteiger partial charge in [-0.25, -0.2) is 0 Å². The predicted octanol–water partition coefficient (Wildman–Crippen LogP) is 5.22. The summed E-state index contributed by atoms with van der Waals surface area (Å²) in [5.41, 5.74) is 1.58. The second-order valence-corrected chi connectivity index (χ2v) is 5.70. The van der Waals surface area contributed by atoms with Gasteiger partial charge in [-0.15, -0.1) is 0 Å². The van der Waals surface area contributed by atoms with Crippen LogP contribution < -0.4 is 0 Å². The Balaban J connectivity index is 1.93. The monoisotopic (exact) mass is 299 g/mol. The van der Waals surface area contributed by atoms with E-state index in [-0.39, 0.29) is 5.75 Å². The summed E-state index contributed by atoms with van der Waals surface area (Å²) >= 11 is 0. The number of hydrogen-bond donors (Lipinski definition) is 1. The maximum absolute atomic E-state index is 11.3. The summed E-state index contributed by atoms with van der Waals surface area (Å²) in [7, 11) is 0. The van der Waals surface area contributed by atoms with Crippen molar-refractivity contribution in [3.05, 3.63) is 90.0 Å². The van der Waals surface area contributed by atoms with Gasteiger partial charge < -0.3 is 5.11 Å². The lowest BCUT2D eigenvalue weighted by atomic mass is 9.93. The van der Waals surface area contributed by atoms with E-state index in [0.717, 1.165) is 21.9 Å². The third kappa shape index (κ3) is 2.33. The van der Waals surface area contributed by atoms with E-state index in [1.165, 1.54) is 22.9 Å². The SMILES string of the molecule is [O]c1ccc(C(O)c2cccc3c2ccc2ccccc23)cc1. The smallest absolute Gasteiger partial charge is 0.178 e. The molecule has 0 bridgehead atoms. The van der Waals surface area contributed by atoms with Crippen LogP contribution in [0.15, 0.2) is 78.9 Å². The van der Waals surface area contributed by atoms with E-state index < -0.39 is 6.10 Å². The first kappa shape index (κ1) is 13.8. The maximum atomic E-state index is 11.3. The first-order valence-corrected chi connectivity index (χ1v) is 7.59. The number of hydrogen-bond acceptors (Lipinski definition) is 1. The molecule has 4 aromatic carbocycles. The molecule has 23 heavy (non-hydrogen) atoms. The minimum Gasteiger partial charge on any atom is -0.384 e. The Morgan fingerprint density at radius 2 is 1.39 bits per heavy atom. The van der Waals surface area contributed by atoms with Crippen LogP contribution in [0.5, 0.6) is 5.75 Å². The Kier molecular flexibility index (Phi) is 3.25. The molecule has 2 heteroatoms. The van der Waals surface area contributed by atoms with Crippen molar-refractivity contribution >= 4 is 21.5 Å². The van der Waals surface area contributed by atoms with Gasteiger partial charge in [-0.2, -0.15) is 0 Å². The van der Waals surface area contributed by atoms with Crippen molar-refractivity contribution in [1.82, 2.24) is 0 Å². The lowest BCUT2D eigenvalue weighted by Gasteiger charge is -2.15. The molecule has 1 N–H and O–H groups in total. The fraction of sp³-hybridized carbons (Fsp3) is 0.0476. The van der Waals surface area contributed by atoms with Gasteiger partial charge in [-0.3, -0.25) is 5.11 Å². The fourth-order valence-corrected chi connectivity index (χ4v) is 3.13. The van der Waals surface area contributed by atoms with Crippen molar-refractivity contribution in [2.45, 2.75) is 6.10 Å². The van der Waals surface area contributed by atoms with E-state index in [2.05, 4.69) is 30.3 Å². The molecule has 4 rings (SSSR count). The summed E-state index contributed by atoms with van der Waals surface area (Å²) < 4.78 is 0. The van der Waals surface area contributed by atoms with E-state index >= 15 is 0 Å². The summed E-state index contributed by atoms with van der Waals surface area (Å²) in [4.78, 5) is 0. The van der Waals surface area contributed by atoms with Crippen LogP contribution in [0.2, 0.25) is 0 Å². The van der Waals surface area contributed by atoms with Crippen LogP contribution in [0, 0.1) is 0 Å². The van der Waals surface area contributed by atoms with Gasteiger partial charge in [0, 0.05) is 0 Å². The largest absolute Gasteiger partial charge is 0.384 e. The predicted molar refractivity (Wildman–Crippen MR) is 92.1 cm³/mol. The molecule has 1 atom stereocenters. The third-order valence-corrected chi connectivity index (χ3v) is 4.31. The summed E-state index contributed by atoms with van der Waals surface area (Å²) in [6.45, 7) is 0. The van der Waals surface area contributed by atoms with Crippen LogP contribution in [-0.2, 0) is 5.11 Å². The first-order valence-electron chi connectivity index (χ1n) is 7.59. The fourth-order valence-electron chi connectivity index (χ4n) is 3.13. The normalized spacial score (nSPS) is 12.6. The van der Waals surface area contributed by atoms with Gasteiger partial charge in [0.1, 0.15) is 6.10 Å². The second kappa shape index (κ2) is 5.41. The number of rotatable bonds is 2. The van der Waals surface area contributed by atoms with Crippen LogP contribution in [0.1, 0.15) is 17.2 Å². The molecule has 1 unspecified atom stereocenters. The Bertz CT molecular complexity index is 987. The highest BCUT2D eigenvalue weighted by Crippen LogP contribution is 2.33. The molecule has 0 aliphatic heterocycles. The molecule has 0 amide bonds. The molecule has 0 aliphatic rings. The topological polar surface area (TPSA) is 40.1 Å². The van der Waals surface area contributed by atoms with E-state index in [1.54, 1.807) is 12.1 Å². The Labute approximate surface area is 134 Å². The van der Waals surface area contributed by atoms with Crippen molar-refractivity contribution in [3.8, 4) is 5.75 Å². The van der Waals surface area contributed by atoms with Gasteiger partial charge in [0.25, 0.3) is 0 Å². The number of aliphatic hydroxyl groups is 1. The van der Waals surface area contributed by atoms with Gasteiger partial charge in [-0.1, -0.05) is 66.7 Å². The lowest BCUT2D eigenvalue weighted by molar-refractivity contribution is 0.221. The molecule has 0 aromatic heterocycles. The summed E-state index contributed by atoms with van der Waals surface area (Å²) in [5.74, 6) is -0.0511. The van der Waals surface area contributed by atoms with Crippen molar-refractivity contribution < 1.29 is 10.2 Å². The van der Waals surface area contributed by atoms with Crippen molar-refractivity contribution in [1.29, 1.82) is 0 Å². The van der Waals surface area contributed by atoms with Crippen molar-refractivity contribution in [3.63, 3.8) is 0 Å². The third-order valence-electron chi connectivity index (χ3n) is 4.31. The molecule has 4 aromatic rings. The molecular weight excluding hydrogens is 284 g/mol. The molecule has 0 aliphatic carbocycles. The highest BCUT2D eigenvalue weighted by Gasteiger charge is 2.14. The summed E-state index contributed by atoms with van der Waals surface area (Å²) in [6, 6.07) is 24.7. The summed E-state index contributed by atoms with van der Waals surface area (Å²) in [6.07, 6.45) is -0.750. The summed E-state index contributed by atoms with van der Waals surface area (Å²) in [5, 5.41) is 26.5. The standard InChI is InChI=1S/C21H15O2/c22-16-11-8-15(9-12-16)21(23)20-7-3-6-18-17-5-2-1-4-14(17)10-13-19(18)20/h1-13,21,23H. The molecule has 1 radical (unpaired) electrons. The molecule has 0 saturated heterocycles. The van der Waals surface area contributed by atoms with Gasteiger partial charge in [0.2, 0.25) is 0 Å². The zero-order valence-electron chi connectivity index (χ0n) is 12.4. The second-order valence-electron chi connectivity index (χ2n) is 5.70. The van der Waals surface area contributed by atoms with E-state index in [4.69, 9.17) is 0 Å². The highest BCUT2D eigenvalue weighted by molar-refractivity contribution is 6.08. The van der Waals surface area contributed by atoms with Crippen LogP contribution in [0.25, 0.3) is 21.5 Å². The van der Waals surface area contributed by atoms with Crippen LogP contribution in [-0.4, -0.2) is 5.11 Å². The zero-order chi connectivity index (χ0) is 15.8. The average molecular weight is 299 g/mol. The van der Waals surface area contributed by atoms with Crippen LogP contribution in [0.3, 0.4) is 0 Å².